The van der Waals surface area contributed by atoms with E-state index in [-0.39, 0.29) is 6.04 Å². The summed E-state index contributed by atoms with van der Waals surface area (Å²) < 4.78 is 0. The molecule has 3 unspecified atom stereocenters. The number of piperidine rings is 1. The SMILES string of the molecule is CCC1NC(O)[C@@H](O)[C@@H](O)C1O. The number of rotatable bonds is 1. The van der Waals surface area contributed by atoms with Crippen LogP contribution in [0.3, 0.4) is 0 Å². The number of nitrogens with one attached hydrogen (secondary N) is 1. The Kier molecular flexibility index (Phi) is 3.03. The number of aliphatic hydroxyl groups excluding tert-OH is 4. The van der Waals surface area contributed by atoms with Crippen molar-refractivity contribution >= 4 is 0 Å². The molecule has 1 heterocycles. The minimum Gasteiger partial charge on any atom is -0.389 e. The van der Waals surface area contributed by atoms with Gasteiger partial charge in [-0.15, -0.1) is 0 Å². The van der Waals surface area contributed by atoms with Crippen molar-refractivity contribution in [1.29, 1.82) is 0 Å². The summed E-state index contributed by atoms with van der Waals surface area (Å²) in [5.41, 5.74) is 0. The van der Waals surface area contributed by atoms with Gasteiger partial charge >= 0.3 is 0 Å². The first-order chi connectivity index (χ1) is 5.57. The molecule has 0 aromatic heterocycles. The zero-order chi connectivity index (χ0) is 9.30. The summed E-state index contributed by atoms with van der Waals surface area (Å²) in [6.07, 6.45) is -4.18. The third-order valence-corrected chi connectivity index (χ3v) is 2.26. The largest absolute Gasteiger partial charge is 0.389 e. The van der Waals surface area contributed by atoms with Crippen LogP contribution in [0.2, 0.25) is 0 Å². The minimum atomic E-state index is -1.32. The maximum Gasteiger partial charge on any atom is 0.134 e. The second-order valence-electron chi connectivity index (χ2n) is 3.10. The number of hydrogen-bond donors (Lipinski definition) is 5. The van der Waals surface area contributed by atoms with Crippen molar-refractivity contribution in [3.63, 3.8) is 0 Å². The summed E-state index contributed by atoms with van der Waals surface area (Å²) in [4.78, 5) is 0. The molecule has 1 aliphatic heterocycles. The average molecular weight is 177 g/mol. The molecule has 1 aliphatic rings. The van der Waals surface area contributed by atoms with Crippen molar-refractivity contribution < 1.29 is 20.4 Å². The Morgan fingerprint density at radius 3 is 2.08 bits per heavy atom. The molecule has 0 saturated carbocycles. The summed E-state index contributed by atoms with van der Waals surface area (Å²) in [5.74, 6) is 0. The van der Waals surface area contributed by atoms with Crippen LogP contribution in [-0.4, -0.2) is 51.0 Å². The quantitative estimate of drug-likeness (QED) is 0.312. The van der Waals surface area contributed by atoms with E-state index in [1.165, 1.54) is 0 Å². The van der Waals surface area contributed by atoms with Gasteiger partial charge in [-0.1, -0.05) is 6.92 Å². The van der Waals surface area contributed by atoms with Crippen LogP contribution in [0.25, 0.3) is 0 Å². The van der Waals surface area contributed by atoms with Gasteiger partial charge in [-0.2, -0.15) is 0 Å². The fourth-order valence-corrected chi connectivity index (χ4v) is 1.40. The van der Waals surface area contributed by atoms with Crippen LogP contribution in [0, 0.1) is 0 Å². The van der Waals surface area contributed by atoms with E-state index in [4.69, 9.17) is 10.2 Å². The van der Waals surface area contributed by atoms with E-state index in [9.17, 15) is 10.2 Å². The van der Waals surface area contributed by atoms with Gasteiger partial charge in [-0.05, 0) is 6.42 Å². The maximum atomic E-state index is 9.34. The highest BCUT2D eigenvalue weighted by Crippen LogP contribution is 2.15. The fourth-order valence-electron chi connectivity index (χ4n) is 1.40. The monoisotopic (exact) mass is 177 g/mol. The predicted molar refractivity (Wildman–Crippen MR) is 41.2 cm³/mol. The van der Waals surface area contributed by atoms with E-state index in [1.807, 2.05) is 6.92 Å². The van der Waals surface area contributed by atoms with Gasteiger partial charge < -0.3 is 20.4 Å². The Labute approximate surface area is 70.6 Å². The molecule has 5 nitrogen and oxygen atoms in total. The van der Waals surface area contributed by atoms with E-state index in [1.54, 1.807) is 0 Å². The first-order valence-electron chi connectivity index (χ1n) is 4.06. The van der Waals surface area contributed by atoms with Crippen LogP contribution < -0.4 is 5.32 Å². The van der Waals surface area contributed by atoms with Crippen LogP contribution in [0.1, 0.15) is 13.3 Å². The zero-order valence-corrected chi connectivity index (χ0v) is 6.88. The highest BCUT2D eigenvalue weighted by Gasteiger charge is 2.40. The molecule has 0 amide bonds. The number of hydrogen-bond acceptors (Lipinski definition) is 5. The molecule has 0 spiro atoms. The molecule has 1 saturated heterocycles. The van der Waals surface area contributed by atoms with E-state index in [0.29, 0.717) is 6.42 Å². The maximum absolute atomic E-state index is 9.34. The lowest BCUT2D eigenvalue weighted by molar-refractivity contribution is -0.157. The lowest BCUT2D eigenvalue weighted by Crippen LogP contribution is -2.64. The average Bonchev–Trinajstić information content (AvgIpc) is 2.08. The van der Waals surface area contributed by atoms with Gasteiger partial charge in [0.15, 0.2) is 0 Å². The number of aliphatic hydroxyl groups is 4. The standard InChI is InChI=1S/C7H15NO4/c1-2-3-4(9)5(10)6(11)7(12)8-3/h3-12H,2H2,1H3/t3?,4?,5-,6-,7?/m0/s1. The van der Waals surface area contributed by atoms with E-state index < -0.39 is 24.5 Å². The Hall–Kier alpha value is -0.200. The predicted octanol–water partition coefficient (Wildman–Crippen LogP) is -2.23. The van der Waals surface area contributed by atoms with Crippen LogP contribution in [0.4, 0.5) is 0 Å². The Morgan fingerprint density at radius 1 is 1.00 bits per heavy atom. The van der Waals surface area contributed by atoms with Gasteiger partial charge in [-0.3, -0.25) is 5.32 Å². The lowest BCUT2D eigenvalue weighted by atomic mass is 9.93. The summed E-state index contributed by atoms with van der Waals surface area (Å²) in [6, 6.07) is -0.363. The molecule has 72 valence electrons. The van der Waals surface area contributed by atoms with E-state index in [2.05, 4.69) is 5.32 Å². The molecular formula is C7H15NO4. The van der Waals surface area contributed by atoms with E-state index >= 15 is 0 Å². The molecular weight excluding hydrogens is 162 g/mol. The first kappa shape index (κ1) is 9.88. The Balaban J connectivity index is 2.63. The fraction of sp³-hybridized carbons (Fsp3) is 1.00. The molecule has 5 heteroatoms. The van der Waals surface area contributed by atoms with Crippen molar-refractivity contribution in [1.82, 2.24) is 5.32 Å². The van der Waals surface area contributed by atoms with Gasteiger partial charge in [0, 0.05) is 6.04 Å². The molecule has 0 bridgehead atoms. The van der Waals surface area contributed by atoms with E-state index in [0.717, 1.165) is 0 Å². The summed E-state index contributed by atoms with van der Waals surface area (Å²) >= 11 is 0. The lowest BCUT2D eigenvalue weighted by Gasteiger charge is -2.38. The van der Waals surface area contributed by atoms with Crippen molar-refractivity contribution in [3.05, 3.63) is 0 Å². The van der Waals surface area contributed by atoms with Crippen molar-refractivity contribution in [2.75, 3.05) is 0 Å². The van der Waals surface area contributed by atoms with Gasteiger partial charge in [0.1, 0.15) is 18.4 Å². The Bertz CT molecular complexity index is 150. The highest BCUT2D eigenvalue weighted by molar-refractivity contribution is 4.93. The minimum absolute atomic E-state index is 0.363. The third kappa shape index (κ3) is 1.60. The molecule has 12 heavy (non-hydrogen) atoms. The second kappa shape index (κ2) is 3.68. The van der Waals surface area contributed by atoms with Crippen LogP contribution in [0.5, 0.6) is 0 Å². The molecule has 0 aliphatic carbocycles. The molecule has 0 radical (unpaired) electrons. The zero-order valence-electron chi connectivity index (χ0n) is 6.88. The van der Waals surface area contributed by atoms with Gasteiger partial charge in [0.05, 0.1) is 6.10 Å². The molecule has 5 atom stereocenters. The molecule has 5 N–H and O–H groups in total. The third-order valence-electron chi connectivity index (χ3n) is 2.26. The highest BCUT2D eigenvalue weighted by atomic mass is 16.4. The van der Waals surface area contributed by atoms with Crippen molar-refractivity contribution in [2.45, 2.75) is 43.9 Å². The smallest absolute Gasteiger partial charge is 0.134 e. The van der Waals surface area contributed by atoms with Crippen molar-refractivity contribution in [3.8, 4) is 0 Å². The molecule has 1 fully saturated rings. The van der Waals surface area contributed by atoms with Gasteiger partial charge in [0.25, 0.3) is 0 Å². The van der Waals surface area contributed by atoms with Crippen LogP contribution >= 0.6 is 0 Å². The van der Waals surface area contributed by atoms with Crippen LogP contribution in [-0.2, 0) is 0 Å². The van der Waals surface area contributed by atoms with Gasteiger partial charge in [-0.25, -0.2) is 0 Å². The molecule has 1 rings (SSSR count). The first-order valence-corrected chi connectivity index (χ1v) is 4.06. The topological polar surface area (TPSA) is 93.0 Å². The summed E-state index contributed by atoms with van der Waals surface area (Å²) in [7, 11) is 0. The second-order valence-corrected chi connectivity index (χ2v) is 3.10. The summed E-state index contributed by atoms with van der Waals surface area (Å²) in [6.45, 7) is 1.82. The van der Waals surface area contributed by atoms with Gasteiger partial charge in [0.2, 0.25) is 0 Å². The normalized spacial score (nSPS) is 49.2. The molecule has 0 aromatic carbocycles. The van der Waals surface area contributed by atoms with Crippen LogP contribution in [0.15, 0.2) is 0 Å². The summed E-state index contributed by atoms with van der Waals surface area (Å²) in [5, 5.41) is 39.4. The Morgan fingerprint density at radius 2 is 1.58 bits per heavy atom. The molecule has 0 aromatic rings. The van der Waals surface area contributed by atoms with Crippen molar-refractivity contribution in [2.24, 2.45) is 0 Å².